The molecule has 2 N–H and O–H groups in total. The maximum atomic E-state index is 12.3. The number of esters is 1. The van der Waals surface area contributed by atoms with Gasteiger partial charge in [-0.15, -0.1) is 0 Å². The number of hydrogen-bond donors (Lipinski definition) is 2. The summed E-state index contributed by atoms with van der Waals surface area (Å²) in [4.78, 5) is 23.5. The van der Waals surface area contributed by atoms with Gasteiger partial charge in [-0.2, -0.15) is 0 Å². The molecule has 0 aromatic heterocycles. The van der Waals surface area contributed by atoms with Crippen LogP contribution in [0.25, 0.3) is 0 Å². The lowest BCUT2D eigenvalue weighted by atomic mass is 9.68. The third-order valence-corrected chi connectivity index (χ3v) is 5.80. The van der Waals surface area contributed by atoms with E-state index in [9.17, 15) is 9.59 Å². The molecule has 1 aliphatic rings. The van der Waals surface area contributed by atoms with Gasteiger partial charge in [0.2, 0.25) is 0 Å². The van der Waals surface area contributed by atoms with E-state index in [1.807, 2.05) is 39.0 Å². The maximum Gasteiger partial charge on any atom is 0.407 e. The molecule has 0 spiro atoms. The van der Waals surface area contributed by atoms with Gasteiger partial charge in [0.1, 0.15) is 5.60 Å². The number of benzene rings is 1. The third-order valence-electron chi connectivity index (χ3n) is 5.57. The Bertz CT molecular complexity index is 709. The first kappa shape index (κ1) is 24.5. The van der Waals surface area contributed by atoms with Crippen molar-refractivity contribution in [1.29, 1.82) is 0 Å². The quantitative estimate of drug-likeness (QED) is 0.458. The SMILES string of the molecule is COC(=O)CCCN[C@H]1CC[C@@](CNC(=O)OC(C)(C)C)(c2cccc(Cl)c2)CC1. The first-order valence-corrected chi connectivity index (χ1v) is 11.0. The largest absolute Gasteiger partial charge is 0.469 e. The molecule has 2 rings (SSSR count). The Labute approximate surface area is 185 Å². The lowest BCUT2D eigenvalue weighted by Crippen LogP contribution is -2.47. The van der Waals surface area contributed by atoms with Crippen molar-refractivity contribution in [3.8, 4) is 0 Å². The highest BCUT2D eigenvalue weighted by atomic mass is 35.5. The summed E-state index contributed by atoms with van der Waals surface area (Å²) in [5.74, 6) is -0.173. The average Bonchev–Trinajstić information content (AvgIpc) is 2.69. The summed E-state index contributed by atoms with van der Waals surface area (Å²) in [6.45, 7) is 6.88. The minimum atomic E-state index is -0.529. The standard InChI is InChI=1S/C23H35ClN2O4/c1-22(2,3)30-21(28)26-16-23(17-7-5-8-18(24)15-17)12-10-19(11-13-23)25-14-6-9-20(27)29-4/h5,7-8,15,19,25H,6,9-14,16H2,1-4H3,(H,26,28)/t19-,23+. The van der Waals surface area contributed by atoms with Gasteiger partial charge in [-0.05, 0) is 77.1 Å². The van der Waals surface area contributed by atoms with Crippen LogP contribution in [0, 0.1) is 0 Å². The first-order valence-electron chi connectivity index (χ1n) is 10.7. The van der Waals surface area contributed by atoms with Crippen LogP contribution in [-0.4, -0.2) is 43.9 Å². The number of rotatable bonds is 8. The smallest absolute Gasteiger partial charge is 0.407 e. The summed E-state index contributed by atoms with van der Waals surface area (Å²) in [6, 6.07) is 8.32. The molecule has 1 amide bonds. The first-order chi connectivity index (χ1) is 14.1. The molecule has 1 aliphatic carbocycles. The van der Waals surface area contributed by atoms with Gasteiger partial charge in [0.05, 0.1) is 7.11 Å². The van der Waals surface area contributed by atoms with E-state index in [0.717, 1.165) is 44.2 Å². The van der Waals surface area contributed by atoms with Crippen molar-refractivity contribution in [2.24, 2.45) is 0 Å². The van der Waals surface area contributed by atoms with Gasteiger partial charge in [-0.1, -0.05) is 23.7 Å². The molecule has 0 aliphatic heterocycles. The van der Waals surface area contributed by atoms with Crippen LogP contribution >= 0.6 is 11.6 Å². The molecule has 1 aromatic rings. The zero-order valence-corrected chi connectivity index (χ0v) is 19.3. The van der Waals surface area contributed by atoms with Crippen LogP contribution < -0.4 is 10.6 Å². The minimum Gasteiger partial charge on any atom is -0.469 e. The number of amides is 1. The summed E-state index contributed by atoms with van der Waals surface area (Å²) in [5, 5.41) is 7.23. The molecule has 0 bridgehead atoms. The van der Waals surface area contributed by atoms with Crippen molar-refractivity contribution in [2.45, 2.75) is 76.4 Å². The predicted octanol–water partition coefficient (Wildman–Crippen LogP) is 4.59. The van der Waals surface area contributed by atoms with Gasteiger partial charge in [-0.25, -0.2) is 4.79 Å². The number of nitrogens with one attached hydrogen (secondary N) is 2. The molecular formula is C23H35ClN2O4. The molecule has 30 heavy (non-hydrogen) atoms. The van der Waals surface area contributed by atoms with Crippen LogP contribution in [0.3, 0.4) is 0 Å². The molecular weight excluding hydrogens is 404 g/mol. The van der Waals surface area contributed by atoms with Gasteiger partial charge < -0.3 is 20.1 Å². The molecule has 0 atom stereocenters. The zero-order valence-electron chi connectivity index (χ0n) is 18.6. The van der Waals surface area contributed by atoms with Gasteiger partial charge in [-0.3, -0.25) is 4.79 Å². The fraction of sp³-hybridized carbons (Fsp3) is 0.652. The molecule has 0 saturated heterocycles. The van der Waals surface area contributed by atoms with E-state index in [2.05, 4.69) is 21.4 Å². The summed E-state index contributed by atoms with van der Waals surface area (Å²) in [7, 11) is 1.41. The van der Waals surface area contributed by atoms with Crippen molar-refractivity contribution >= 4 is 23.7 Å². The summed E-state index contributed by atoms with van der Waals surface area (Å²) >= 11 is 6.26. The van der Waals surface area contributed by atoms with Crippen LogP contribution in [0.1, 0.15) is 64.9 Å². The van der Waals surface area contributed by atoms with E-state index in [0.29, 0.717) is 24.0 Å². The molecule has 1 fully saturated rings. The van der Waals surface area contributed by atoms with Gasteiger partial charge >= 0.3 is 12.1 Å². The van der Waals surface area contributed by atoms with E-state index in [4.69, 9.17) is 16.3 Å². The number of carbonyl (C=O) groups excluding carboxylic acids is 2. The second kappa shape index (κ2) is 11.0. The van der Waals surface area contributed by atoms with Crippen molar-refractivity contribution < 1.29 is 19.1 Å². The Kier molecular flexibility index (Phi) is 8.98. The molecule has 168 valence electrons. The van der Waals surface area contributed by atoms with E-state index in [1.165, 1.54) is 7.11 Å². The molecule has 7 heteroatoms. The van der Waals surface area contributed by atoms with Gasteiger partial charge in [0.15, 0.2) is 0 Å². The maximum absolute atomic E-state index is 12.3. The number of carbonyl (C=O) groups is 2. The Morgan fingerprint density at radius 1 is 1.23 bits per heavy atom. The van der Waals surface area contributed by atoms with Crippen LogP contribution in [0.5, 0.6) is 0 Å². The second-order valence-corrected chi connectivity index (χ2v) is 9.49. The Morgan fingerprint density at radius 2 is 1.93 bits per heavy atom. The van der Waals surface area contributed by atoms with Gasteiger partial charge in [0, 0.05) is 29.4 Å². The fourth-order valence-corrected chi connectivity index (χ4v) is 4.15. The number of methoxy groups -OCH3 is 1. The predicted molar refractivity (Wildman–Crippen MR) is 119 cm³/mol. The molecule has 6 nitrogen and oxygen atoms in total. The zero-order chi connectivity index (χ0) is 22.2. The van der Waals surface area contributed by atoms with Gasteiger partial charge in [0.25, 0.3) is 0 Å². The highest BCUT2D eigenvalue weighted by Gasteiger charge is 2.37. The summed E-state index contributed by atoms with van der Waals surface area (Å²) in [6.07, 6.45) is 4.63. The topological polar surface area (TPSA) is 76.7 Å². The van der Waals surface area contributed by atoms with E-state index in [1.54, 1.807) is 0 Å². The second-order valence-electron chi connectivity index (χ2n) is 9.05. The highest BCUT2D eigenvalue weighted by Crippen LogP contribution is 2.40. The highest BCUT2D eigenvalue weighted by molar-refractivity contribution is 6.30. The lowest BCUT2D eigenvalue weighted by molar-refractivity contribution is -0.140. The number of halogens is 1. The Balaban J connectivity index is 1.97. The summed E-state index contributed by atoms with van der Waals surface area (Å²) < 4.78 is 10.1. The van der Waals surface area contributed by atoms with Crippen LogP contribution in [0.4, 0.5) is 4.79 Å². The lowest BCUT2D eigenvalue weighted by Gasteiger charge is -2.41. The fourth-order valence-electron chi connectivity index (χ4n) is 3.96. The number of ether oxygens (including phenoxy) is 2. The molecule has 0 radical (unpaired) electrons. The Hall–Kier alpha value is -1.79. The van der Waals surface area contributed by atoms with E-state index >= 15 is 0 Å². The van der Waals surface area contributed by atoms with Crippen LogP contribution in [0.15, 0.2) is 24.3 Å². The minimum absolute atomic E-state index is 0.173. The molecule has 0 heterocycles. The Morgan fingerprint density at radius 3 is 2.53 bits per heavy atom. The van der Waals surface area contributed by atoms with Crippen molar-refractivity contribution in [3.05, 3.63) is 34.9 Å². The van der Waals surface area contributed by atoms with Crippen molar-refractivity contribution in [1.82, 2.24) is 10.6 Å². The molecule has 1 aromatic carbocycles. The average molecular weight is 439 g/mol. The van der Waals surface area contributed by atoms with Crippen molar-refractivity contribution in [3.63, 3.8) is 0 Å². The number of alkyl carbamates (subject to hydrolysis) is 1. The van der Waals surface area contributed by atoms with Crippen LogP contribution in [0.2, 0.25) is 5.02 Å². The molecule has 1 saturated carbocycles. The number of hydrogen-bond acceptors (Lipinski definition) is 5. The molecule has 0 unspecified atom stereocenters. The normalized spacial score (nSPS) is 21.7. The monoisotopic (exact) mass is 438 g/mol. The van der Waals surface area contributed by atoms with Crippen LogP contribution in [-0.2, 0) is 19.7 Å². The van der Waals surface area contributed by atoms with E-state index in [-0.39, 0.29) is 11.4 Å². The summed E-state index contributed by atoms with van der Waals surface area (Å²) in [5.41, 5.74) is 0.445. The van der Waals surface area contributed by atoms with E-state index < -0.39 is 11.7 Å². The third kappa shape index (κ3) is 7.80. The van der Waals surface area contributed by atoms with Crippen molar-refractivity contribution in [2.75, 3.05) is 20.2 Å².